The lowest BCUT2D eigenvalue weighted by atomic mass is 9.73. The van der Waals surface area contributed by atoms with Gasteiger partial charge in [0.2, 0.25) is 0 Å². The molecular formula is C18H36N2. The van der Waals surface area contributed by atoms with E-state index in [2.05, 4.69) is 51.3 Å². The number of rotatable bonds is 3. The molecule has 2 rings (SSSR count). The van der Waals surface area contributed by atoms with E-state index in [1.54, 1.807) is 0 Å². The van der Waals surface area contributed by atoms with E-state index in [-0.39, 0.29) is 0 Å². The van der Waals surface area contributed by atoms with E-state index in [4.69, 9.17) is 0 Å². The Morgan fingerprint density at radius 2 is 1.55 bits per heavy atom. The Morgan fingerprint density at radius 3 is 2.10 bits per heavy atom. The molecule has 1 aliphatic heterocycles. The maximum atomic E-state index is 2.78. The number of hydrogen-bond donors (Lipinski definition) is 0. The summed E-state index contributed by atoms with van der Waals surface area (Å²) in [5.74, 6) is 2.67. The second kappa shape index (κ2) is 6.36. The standard InChI is InChI=1S/C18H36N2/c1-14-11-15(2)17(16(3)12-14)20-10-9-19(13-20)8-7-18(4,5)6/h14-17H,7-13H2,1-6H3. The molecule has 1 saturated heterocycles. The molecule has 1 aliphatic carbocycles. The minimum Gasteiger partial charge on any atom is -0.289 e. The first kappa shape index (κ1) is 16.3. The molecule has 118 valence electrons. The quantitative estimate of drug-likeness (QED) is 0.769. The van der Waals surface area contributed by atoms with Crippen molar-refractivity contribution in [1.29, 1.82) is 0 Å². The molecule has 0 aromatic heterocycles. The molecule has 2 aliphatic rings. The maximum Gasteiger partial charge on any atom is 0.0510 e. The molecule has 0 spiro atoms. The molecule has 20 heavy (non-hydrogen) atoms. The van der Waals surface area contributed by atoms with Crippen LogP contribution in [0, 0.1) is 23.2 Å². The molecule has 2 unspecified atom stereocenters. The molecule has 0 N–H and O–H groups in total. The van der Waals surface area contributed by atoms with Crippen molar-refractivity contribution in [1.82, 2.24) is 9.80 Å². The van der Waals surface area contributed by atoms with Gasteiger partial charge in [0, 0.05) is 19.1 Å². The van der Waals surface area contributed by atoms with Gasteiger partial charge in [0.1, 0.15) is 0 Å². The summed E-state index contributed by atoms with van der Waals surface area (Å²) in [4.78, 5) is 5.45. The lowest BCUT2D eigenvalue weighted by molar-refractivity contribution is 0.0535. The van der Waals surface area contributed by atoms with Gasteiger partial charge in [-0.1, -0.05) is 41.5 Å². The van der Waals surface area contributed by atoms with Gasteiger partial charge in [0.15, 0.2) is 0 Å². The van der Waals surface area contributed by atoms with Crippen LogP contribution in [0.5, 0.6) is 0 Å². The minimum absolute atomic E-state index is 0.467. The zero-order valence-corrected chi connectivity index (χ0v) is 14.7. The SMILES string of the molecule is CC1CC(C)C(N2CCN(CCC(C)(C)C)C2)C(C)C1. The van der Waals surface area contributed by atoms with E-state index < -0.39 is 0 Å². The van der Waals surface area contributed by atoms with Crippen molar-refractivity contribution in [3.63, 3.8) is 0 Å². The third-order valence-corrected chi connectivity index (χ3v) is 5.40. The predicted octanol–water partition coefficient (Wildman–Crippen LogP) is 4.07. The average molecular weight is 280 g/mol. The fraction of sp³-hybridized carbons (Fsp3) is 1.00. The zero-order chi connectivity index (χ0) is 14.9. The second-order valence-corrected chi connectivity index (χ2v) is 8.90. The van der Waals surface area contributed by atoms with E-state index in [9.17, 15) is 0 Å². The first-order valence-corrected chi connectivity index (χ1v) is 8.72. The fourth-order valence-electron chi connectivity index (χ4n) is 4.51. The van der Waals surface area contributed by atoms with Gasteiger partial charge >= 0.3 is 0 Å². The van der Waals surface area contributed by atoms with Crippen LogP contribution < -0.4 is 0 Å². The molecule has 0 aromatic rings. The molecule has 2 atom stereocenters. The molecule has 1 heterocycles. The largest absolute Gasteiger partial charge is 0.289 e. The summed E-state index contributed by atoms with van der Waals surface area (Å²) in [7, 11) is 0. The van der Waals surface area contributed by atoms with Gasteiger partial charge in [0.05, 0.1) is 6.67 Å². The van der Waals surface area contributed by atoms with Crippen LogP contribution in [0.15, 0.2) is 0 Å². The van der Waals surface area contributed by atoms with Crippen LogP contribution in [0.25, 0.3) is 0 Å². The van der Waals surface area contributed by atoms with Crippen molar-refractivity contribution in [3.05, 3.63) is 0 Å². The highest BCUT2D eigenvalue weighted by atomic mass is 15.4. The summed E-state index contributed by atoms with van der Waals surface area (Å²) >= 11 is 0. The smallest absolute Gasteiger partial charge is 0.0510 e. The summed E-state index contributed by atoms with van der Waals surface area (Å²) in [6, 6.07) is 0.825. The second-order valence-electron chi connectivity index (χ2n) is 8.90. The van der Waals surface area contributed by atoms with Crippen molar-refractivity contribution in [3.8, 4) is 0 Å². The fourth-order valence-corrected chi connectivity index (χ4v) is 4.51. The Hall–Kier alpha value is -0.0800. The van der Waals surface area contributed by atoms with Gasteiger partial charge in [-0.2, -0.15) is 0 Å². The molecule has 0 radical (unpaired) electrons. The lowest BCUT2D eigenvalue weighted by Crippen LogP contribution is -2.47. The van der Waals surface area contributed by atoms with E-state index in [1.165, 1.54) is 45.6 Å². The average Bonchev–Trinajstić information content (AvgIpc) is 2.72. The van der Waals surface area contributed by atoms with Gasteiger partial charge in [0.25, 0.3) is 0 Å². The highest BCUT2D eigenvalue weighted by Gasteiger charge is 2.37. The van der Waals surface area contributed by atoms with Gasteiger partial charge in [-0.05, 0) is 49.0 Å². The summed E-state index contributed by atoms with van der Waals surface area (Å²) in [5.41, 5.74) is 0.467. The molecule has 0 aromatic carbocycles. The molecule has 0 bridgehead atoms. The highest BCUT2D eigenvalue weighted by molar-refractivity contribution is 4.90. The third kappa shape index (κ3) is 4.21. The van der Waals surface area contributed by atoms with Crippen molar-refractivity contribution in [2.24, 2.45) is 23.2 Å². The van der Waals surface area contributed by atoms with E-state index in [0.29, 0.717) is 5.41 Å². The van der Waals surface area contributed by atoms with Crippen LogP contribution in [-0.2, 0) is 0 Å². The van der Waals surface area contributed by atoms with E-state index >= 15 is 0 Å². The Bertz CT molecular complexity index is 295. The van der Waals surface area contributed by atoms with Crippen LogP contribution in [0.1, 0.15) is 60.8 Å². The van der Waals surface area contributed by atoms with Crippen LogP contribution in [0.3, 0.4) is 0 Å². The van der Waals surface area contributed by atoms with Crippen LogP contribution in [-0.4, -0.2) is 42.1 Å². The summed E-state index contributed by atoms with van der Waals surface area (Å²) < 4.78 is 0. The summed E-state index contributed by atoms with van der Waals surface area (Å²) in [6.45, 7) is 19.5. The third-order valence-electron chi connectivity index (χ3n) is 5.40. The summed E-state index contributed by atoms with van der Waals surface area (Å²) in [5, 5.41) is 0. The Labute approximate surface area is 126 Å². The Balaban J connectivity index is 1.85. The van der Waals surface area contributed by atoms with Gasteiger partial charge in [-0.15, -0.1) is 0 Å². The molecule has 2 nitrogen and oxygen atoms in total. The molecular weight excluding hydrogens is 244 g/mol. The van der Waals surface area contributed by atoms with E-state index in [1.807, 2.05) is 0 Å². The molecule has 0 amide bonds. The maximum absolute atomic E-state index is 2.78. The predicted molar refractivity (Wildman–Crippen MR) is 87.7 cm³/mol. The molecule has 2 fully saturated rings. The van der Waals surface area contributed by atoms with Crippen molar-refractivity contribution < 1.29 is 0 Å². The Kier molecular flexibility index (Phi) is 5.18. The van der Waals surface area contributed by atoms with Crippen LogP contribution in [0.4, 0.5) is 0 Å². The first-order valence-electron chi connectivity index (χ1n) is 8.72. The van der Waals surface area contributed by atoms with Gasteiger partial charge in [-0.25, -0.2) is 0 Å². The topological polar surface area (TPSA) is 6.48 Å². The van der Waals surface area contributed by atoms with Crippen molar-refractivity contribution >= 4 is 0 Å². The highest BCUT2D eigenvalue weighted by Crippen LogP contribution is 2.37. The Morgan fingerprint density at radius 1 is 0.950 bits per heavy atom. The van der Waals surface area contributed by atoms with E-state index in [0.717, 1.165) is 23.8 Å². The molecule has 1 saturated carbocycles. The minimum atomic E-state index is 0.467. The number of nitrogens with zero attached hydrogens (tertiary/aromatic N) is 2. The summed E-state index contributed by atoms with van der Waals surface area (Å²) in [6.07, 6.45) is 4.16. The monoisotopic (exact) mass is 280 g/mol. The zero-order valence-electron chi connectivity index (χ0n) is 14.7. The van der Waals surface area contributed by atoms with Crippen molar-refractivity contribution in [2.45, 2.75) is 66.8 Å². The number of hydrogen-bond acceptors (Lipinski definition) is 2. The van der Waals surface area contributed by atoms with Gasteiger partial charge < -0.3 is 0 Å². The van der Waals surface area contributed by atoms with Crippen LogP contribution >= 0.6 is 0 Å². The van der Waals surface area contributed by atoms with Gasteiger partial charge in [-0.3, -0.25) is 9.80 Å². The van der Waals surface area contributed by atoms with Crippen molar-refractivity contribution in [2.75, 3.05) is 26.3 Å². The first-order chi connectivity index (χ1) is 9.26. The van der Waals surface area contributed by atoms with Crippen LogP contribution in [0.2, 0.25) is 0 Å². The lowest BCUT2D eigenvalue weighted by Gasteiger charge is -2.43. The molecule has 2 heteroatoms. The normalized spacial score (nSPS) is 37.5.